The Kier molecular flexibility index (Phi) is 6.90. The Balaban J connectivity index is 1.70. The van der Waals surface area contributed by atoms with Gasteiger partial charge in [0.2, 0.25) is 0 Å². The van der Waals surface area contributed by atoms with Crippen LogP contribution in [-0.2, 0) is 19.4 Å². The summed E-state index contributed by atoms with van der Waals surface area (Å²) in [7, 11) is 1.64. The minimum Gasteiger partial charge on any atom is -0.496 e. The summed E-state index contributed by atoms with van der Waals surface area (Å²) in [5.74, 6) is 1.05. The van der Waals surface area contributed by atoms with Crippen molar-refractivity contribution in [3.63, 3.8) is 0 Å². The van der Waals surface area contributed by atoms with Gasteiger partial charge in [0.15, 0.2) is 5.82 Å². The predicted molar refractivity (Wildman–Crippen MR) is 111 cm³/mol. The van der Waals surface area contributed by atoms with Crippen LogP contribution in [0.1, 0.15) is 59.1 Å². The number of hydrogen-bond acceptors (Lipinski definition) is 4. The number of nitrogens with one attached hydrogen (secondary N) is 2. The zero-order valence-electron chi connectivity index (χ0n) is 17.5. The number of carbonyl (C=O) groups is 2. The van der Waals surface area contributed by atoms with E-state index in [0.717, 1.165) is 42.8 Å². The van der Waals surface area contributed by atoms with Gasteiger partial charge < -0.3 is 19.9 Å². The molecule has 0 spiro atoms. The number of aromatic nitrogens is 2. The minimum atomic E-state index is -0.244. The van der Waals surface area contributed by atoms with Crippen LogP contribution in [0.4, 0.5) is 0 Å². The second kappa shape index (κ2) is 9.58. The standard InChI is InChI=1S/C22H30N4O3/c1-15(2)14-24-21(27)19-17-9-6-7-13-26(17)20(25-19)22(28)23-12-11-16-8-4-5-10-18(16)29-3/h4-5,8,10,15H,6-7,9,11-14H2,1-3H3,(H,23,28)(H,24,27). The van der Waals surface area contributed by atoms with Crippen LogP contribution in [0.2, 0.25) is 0 Å². The number of rotatable bonds is 8. The molecular formula is C22H30N4O3. The molecule has 2 aromatic rings. The maximum Gasteiger partial charge on any atom is 0.287 e. The first-order valence-corrected chi connectivity index (χ1v) is 10.3. The molecule has 1 aromatic carbocycles. The third-order valence-corrected chi connectivity index (χ3v) is 5.08. The number of hydrogen-bond donors (Lipinski definition) is 2. The van der Waals surface area contributed by atoms with Gasteiger partial charge in [-0.05, 0) is 43.2 Å². The number of benzene rings is 1. The fourth-order valence-corrected chi connectivity index (χ4v) is 3.58. The lowest BCUT2D eigenvalue weighted by molar-refractivity contribution is 0.0938. The molecular weight excluding hydrogens is 368 g/mol. The highest BCUT2D eigenvalue weighted by molar-refractivity contribution is 5.97. The molecule has 7 heteroatoms. The van der Waals surface area contributed by atoms with Crippen molar-refractivity contribution < 1.29 is 14.3 Å². The van der Waals surface area contributed by atoms with Crippen molar-refractivity contribution in [3.05, 3.63) is 47.0 Å². The van der Waals surface area contributed by atoms with Gasteiger partial charge in [-0.15, -0.1) is 0 Å². The van der Waals surface area contributed by atoms with Crippen LogP contribution >= 0.6 is 0 Å². The summed E-state index contributed by atoms with van der Waals surface area (Å²) in [5.41, 5.74) is 2.29. The van der Waals surface area contributed by atoms with Crippen molar-refractivity contribution in [2.45, 2.75) is 46.1 Å². The van der Waals surface area contributed by atoms with Gasteiger partial charge in [-0.25, -0.2) is 4.98 Å². The van der Waals surface area contributed by atoms with Crippen LogP contribution in [-0.4, -0.2) is 41.6 Å². The summed E-state index contributed by atoms with van der Waals surface area (Å²) >= 11 is 0. The molecule has 29 heavy (non-hydrogen) atoms. The van der Waals surface area contributed by atoms with Crippen LogP contribution in [0.5, 0.6) is 5.75 Å². The average molecular weight is 399 g/mol. The lowest BCUT2D eigenvalue weighted by Gasteiger charge is -2.17. The Bertz CT molecular complexity index is 873. The minimum absolute atomic E-state index is 0.197. The highest BCUT2D eigenvalue weighted by Gasteiger charge is 2.27. The lowest BCUT2D eigenvalue weighted by atomic mass is 10.1. The van der Waals surface area contributed by atoms with Gasteiger partial charge >= 0.3 is 0 Å². The smallest absolute Gasteiger partial charge is 0.287 e. The number of methoxy groups -OCH3 is 1. The first-order valence-electron chi connectivity index (χ1n) is 10.3. The molecule has 2 heterocycles. The Morgan fingerprint density at radius 2 is 1.97 bits per heavy atom. The van der Waals surface area contributed by atoms with Crippen LogP contribution in [0.3, 0.4) is 0 Å². The van der Waals surface area contributed by atoms with Crippen molar-refractivity contribution in [3.8, 4) is 5.75 Å². The van der Waals surface area contributed by atoms with E-state index in [1.54, 1.807) is 7.11 Å². The van der Waals surface area contributed by atoms with Crippen molar-refractivity contribution in [2.24, 2.45) is 5.92 Å². The summed E-state index contributed by atoms with van der Waals surface area (Å²) in [6, 6.07) is 7.76. The second-order valence-corrected chi connectivity index (χ2v) is 7.76. The van der Waals surface area contributed by atoms with Gasteiger partial charge in [0.1, 0.15) is 11.4 Å². The number of para-hydroxylation sites is 1. The maximum atomic E-state index is 12.8. The lowest BCUT2D eigenvalue weighted by Crippen LogP contribution is -2.29. The number of nitrogens with zero attached hydrogens (tertiary/aromatic N) is 2. The van der Waals surface area contributed by atoms with Gasteiger partial charge in [0, 0.05) is 19.6 Å². The first kappa shape index (κ1) is 20.9. The SMILES string of the molecule is COc1ccccc1CCNC(=O)c1nc(C(=O)NCC(C)C)c2n1CCCC2. The molecule has 3 rings (SSSR count). The van der Waals surface area contributed by atoms with Crippen LogP contribution in [0.25, 0.3) is 0 Å². The van der Waals surface area contributed by atoms with E-state index >= 15 is 0 Å². The molecule has 0 bridgehead atoms. The molecule has 1 aromatic heterocycles. The third kappa shape index (κ3) is 4.96. The quantitative estimate of drug-likeness (QED) is 0.716. The molecule has 0 saturated heterocycles. The summed E-state index contributed by atoms with van der Waals surface area (Å²) in [6.07, 6.45) is 3.42. The van der Waals surface area contributed by atoms with Gasteiger partial charge in [-0.3, -0.25) is 9.59 Å². The zero-order chi connectivity index (χ0) is 20.8. The normalized spacial score (nSPS) is 13.1. The highest BCUT2D eigenvalue weighted by Crippen LogP contribution is 2.21. The molecule has 0 saturated carbocycles. The van der Waals surface area contributed by atoms with Gasteiger partial charge in [-0.1, -0.05) is 32.0 Å². The molecule has 7 nitrogen and oxygen atoms in total. The zero-order valence-corrected chi connectivity index (χ0v) is 17.5. The Hall–Kier alpha value is -2.83. The van der Waals surface area contributed by atoms with E-state index < -0.39 is 0 Å². The van der Waals surface area contributed by atoms with E-state index in [9.17, 15) is 9.59 Å². The maximum absolute atomic E-state index is 12.8. The van der Waals surface area contributed by atoms with Gasteiger partial charge in [0.25, 0.3) is 11.8 Å². The monoisotopic (exact) mass is 398 g/mol. The molecule has 2 amide bonds. The van der Waals surface area contributed by atoms with E-state index in [-0.39, 0.29) is 11.8 Å². The van der Waals surface area contributed by atoms with Crippen molar-refractivity contribution >= 4 is 11.8 Å². The van der Waals surface area contributed by atoms with Crippen LogP contribution in [0.15, 0.2) is 24.3 Å². The third-order valence-electron chi connectivity index (χ3n) is 5.08. The van der Waals surface area contributed by atoms with E-state index in [1.807, 2.05) is 42.7 Å². The van der Waals surface area contributed by atoms with Crippen molar-refractivity contribution in [1.29, 1.82) is 0 Å². The summed E-state index contributed by atoms with van der Waals surface area (Å²) < 4.78 is 7.27. The average Bonchev–Trinajstić information content (AvgIpc) is 3.12. The summed E-state index contributed by atoms with van der Waals surface area (Å²) in [4.78, 5) is 29.8. The molecule has 156 valence electrons. The predicted octanol–water partition coefficient (Wildman–Crippen LogP) is 2.59. The fraction of sp³-hybridized carbons (Fsp3) is 0.500. The number of ether oxygens (including phenoxy) is 1. The van der Waals surface area contributed by atoms with E-state index in [0.29, 0.717) is 36.9 Å². The van der Waals surface area contributed by atoms with Crippen LogP contribution in [0, 0.1) is 5.92 Å². The van der Waals surface area contributed by atoms with Gasteiger partial charge in [0.05, 0.1) is 12.8 Å². The molecule has 0 radical (unpaired) electrons. The molecule has 0 atom stereocenters. The van der Waals surface area contributed by atoms with E-state index in [4.69, 9.17) is 4.74 Å². The fourth-order valence-electron chi connectivity index (χ4n) is 3.58. The number of imidazole rings is 1. The van der Waals surface area contributed by atoms with Crippen molar-refractivity contribution in [2.75, 3.05) is 20.2 Å². The summed E-state index contributed by atoms with van der Waals surface area (Å²) in [6.45, 7) is 5.87. The Morgan fingerprint density at radius 3 is 2.72 bits per heavy atom. The summed E-state index contributed by atoms with van der Waals surface area (Å²) in [5, 5.41) is 5.86. The highest BCUT2D eigenvalue weighted by atomic mass is 16.5. The van der Waals surface area contributed by atoms with Crippen molar-refractivity contribution in [1.82, 2.24) is 20.2 Å². The molecule has 0 fully saturated rings. The van der Waals surface area contributed by atoms with Crippen LogP contribution < -0.4 is 15.4 Å². The molecule has 2 N–H and O–H groups in total. The van der Waals surface area contributed by atoms with E-state index in [1.165, 1.54) is 0 Å². The number of amides is 2. The molecule has 0 aliphatic carbocycles. The Labute approximate surface area is 171 Å². The molecule has 1 aliphatic rings. The number of carbonyl (C=O) groups excluding carboxylic acids is 2. The first-order chi connectivity index (χ1) is 14.0. The van der Waals surface area contributed by atoms with Gasteiger partial charge in [-0.2, -0.15) is 0 Å². The second-order valence-electron chi connectivity index (χ2n) is 7.76. The Morgan fingerprint density at radius 1 is 1.17 bits per heavy atom. The number of fused-ring (bicyclic) bond motifs is 1. The topological polar surface area (TPSA) is 85.2 Å². The molecule has 0 unspecified atom stereocenters. The largest absolute Gasteiger partial charge is 0.496 e. The molecule has 1 aliphatic heterocycles. The van der Waals surface area contributed by atoms with E-state index in [2.05, 4.69) is 15.6 Å².